The van der Waals surface area contributed by atoms with Gasteiger partial charge in [0.2, 0.25) is 5.91 Å². The Morgan fingerprint density at radius 1 is 0.931 bits per heavy atom. The van der Waals surface area contributed by atoms with Crippen molar-refractivity contribution in [2.45, 2.75) is 5.92 Å². The largest absolute Gasteiger partial charge is 0.361 e. The third-order valence-corrected chi connectivity index (χ3v) is 5.73. The van der Waals surface area contributed by atoms with Gasteiger partial charge in [0.05, 0.1) is 11.4 Å². The predicted octanol–water partition coefficient (Wildman–Crippen LogP) is 3.91. The number of rotatable bonds is 7. The molecule has 3 N–H and O–H groups in total. The fourth-order valence-electron chi connectivity index (χ4n) is 3.41. The molecule has 0 saturated heterocycles. The highest BCUT2D eigenvalue weighted by Crippen LogP contribution is 2.30. The molecule has 0 bridgehead atoms. The van der Waals surface area contributed by atoms with Gasteiger partial charge in [0.25, 0.3) is 5.91 Å². The summed E-state index contributed by atoms with van der Waals surface area (Å²) in [6.07, 6.45) is 2.01. The summed E-state index contributed by atoms with van der Waals surface area (Å²) in [7, 11) is 0. The van der Waals surface area contributed by atoms with Crippen molar-refractivity contribution in [2.75, 3.05) is 13.1 Å². The zero-order chi connectivity index (χ0) is 20.1. The predicted molar refractivity (Wildman–Crippen MR) is 116 cm³/mol. The zero-order valence-corrected chi connectivity index (χ0v) is 16.5. The number of aromatic amines is 1. The van der Waals surface area contributed by atoms with Crippen LogP contribution in [0.4, 0.5) is 0 Å². The molecule has 0 radical (unpaired) electrons. The van der Waals surface area contributed by atoms with Gasteiger partial charge in [-0.2, -0.15) is 0 Å². The van der Waals surface area contributed by atoms with E-state index in [2.05, 4.69) is 33.8 Å². The first kappa shape index (κ1) is 19.0. The number of benzene rings is 2. The van der Waals surface area contributed by atoms with Gasteiger partial charge in [-0.3, -0.25) is 9.59 Å². The Bertz CT molecular complexity index is 1100. The monoisotopic (exact) mass is 403 g/mol. The SMILES string of the molecule is O=C(CNC(=O)c1cccs1)NCC(c1ccccc1)c1c[nH]c2ccccc12. The van der Waals surface area contributed by atoms with Crippen molar-refractivity contribution in [1.29, 1.82) is 0 Å². The number of H-pyrrole nitrogens is 1. The molecular formula is C23H21N3O2S. The van der Waals surface area contributed by atoms with Crippen molar-refractivity contribution in [3.63, 3.8) is 0 Å². The Morgan fingerprint density at radius 3 is 2.52 bits per heavy atom. The van der Waals surface area contributed by atoms with Crippen molar-refractivity contribution in [2.24, 2.45) is 0 Å². The Hall–Kier alpha value is -3.38. The van der Waals surface area contributed by atoms with Crippen LogP contribution in [0.15, 0.2) is 78.3 Å². The van der Waals surface area contributed by atoms with E-state index in [0.29, 0.717) is 11.4 Å². The van der Waals surface area contributed by atoms with Crippen LogP contribution in [0.3, 0.4) is 0 Å². The maximum absolute atomic E-state index is 12.4. The average Bonchev–Trinajstić information content (AvgIpc) is 3.44. The first-order chi connectivity index (χ1) is 14.2. The number of hydrogen-bond acceptors (Lipinski definition) is 3. The minimum absolute atomic E-state index is 0.00398. The van der Waals surface area contributed by atoms with E-state index >= 15 is 0 Å². The van der Waals surface area contributed by atoms with Gasteiger partial charge < -0.3 is 15.6 Å². The quantitative estimate of drug-likeness (QED) is 0.438. The number of para-hydroxylation sites is 1. The molecule has 0 saturated carbocycles. The Balaban J connectivity index is 1.46. The summed E-state index contributed by atoms with van der Waals surface area (Å²) < 4.78 is 0. The Morgan fingerprint density at radius 2 is 1.72 bits per heavy atom. The van der Waals surface area contributed by atoms with Crippen LogP contribution in [-0.4, -0.2) is 29.9 Å². The van der Waals surface area contributed by atoms with Crippen molar-refractivity contribution in [1.82, 2.24) is 15.6 Å². The highest BCUT2D eigenvalue weighted by Gasteiger charge is 2.19. The van der Waals surface area contributed by atoms with E-state index in [-0.39, 0.29) is 24.3 Å². The minimum atomic E-state index is -0.230. The molecule has 6 heteroatoms. The maximum atomic E-state index is 12.4. The lowest BCUT2D eigenvalue weighted by Crippen LogP contribution is -2.38. The fraction of sp³-hybridized carbons (Fsp3) is 0.130. The maximum Gasteiger partial charge on any atom is 0.261 e. The number of thiophene rings is 1. The molecule has 2 aromatic heterocycles. The first-order valence-electron chi connectivity index (χ1n) is 9.42. The summed E-state index contributed by atoms with van der Waals surface area (Å²) in [5.41, 5.74) is 3.33. The van der Waals surface area contributed by atoms with E-state index < -0.39 is 0 Å². The molecule has 0 aliphatic rings. The van der Waals surface area contributed by atoms with E-state index in [1.165, 1.54) is 11.3 Å². The third kappa shape index (κ3) is 4.38. The number of carbonyl (C=O) groups excluding carboxylic acids is 2. The van der Waals surface area contributed by atoms with Gasteiger partial charge in [-0.25, -0.2) is 0 Å². The summed E-state index contributed by atoms with van der Waals surface area (Å²) in [4.78, 5) is 28.3. The molecule has 0 aliphatic carbocycles. The fourth-order valence-corrected chi connectivity index (χ4v) is 4.05. The normalized spacial score (nSPS) is 11.9. The number of aromatic nitrogens is 1. The summed E-state index contributed by atoms with van der Waals surface area (Å²) in [5.74, 6) is -0.439. The molecule has 2 aromatic carbocycles. The lowest BCUT2D eigenvalue weighted by atomic mass is 9.91. The second-order valence-corrected chi connectivity index (χ2v) is 7.66. The molecule has 29 heavy (non-hydrogen) atoms. The van der Waals surface area contributed by atoms with Crippen LogP contribution in [0, 0.1) is 0 Å². The molecule has 0 aliphatic heterocycles. The van der Waals surface area contributed by atoms with Crippen molar-refractivity contribution < 1.29 is 9.59 Å². The second-order valence-electron chi connectivity index (χ2n) is 6.72. The summed E-state index contributed by atoms with van der Waals surface area (Å²) in [6.45, 7) is 0.395. The van der Waals surface area contributed by atoms with Crippen LogP contribution in [-0.2, 0) is 4.79 Å². The van der Waals surface area contributed by atoms with Crippen LogP contribution in [0.25, 0.3) is 10.9 Å². The lowest BCUT2D eigenvalue weighted by Gasteiger charge is -2.18. The van der Waals surface area contributed by atoms with Crippen LogP contribution < -0.4 is 10.6 Å². The van der Waals surface area contributed by atoms with Crippen LogP contribution in [0.1, 0.15) is 26.7 Å². The summed E-state index contributed by atoms with van der Waals surface area (Å²) in [5, 5.41) is 8.61. The lowest BCUT2D eigenvalue weighted by molar-refractivity contribution is -0.120. The Kier molecular flexibility index (Phi) is 5.72. The van der Waals surface area contributed by atoms with Gasteiger partial charge in [0.15, 0.2) is 0 Å². The van der Waals surface area contributed by atoms with Gasteiger partial charge in [0.1, 0.15) is 0 Å². The molecule has 0 fully saturated rings. The summed E-state index contributed by atoms with van der Waals surface area (Å²) in [6, 6.07) is 21.8. The molecular weight excluding hydrogens is 382 g/mol. The molecule has 1 unspecified atom stereocenters. The first-order valence-corrected chi connectivity index (χ1v) is 10.3. The smallest absolute Gasteiger partial charge is 0.261 e. The van der Waals surface area contributed by atoms with Crippen LogP contribution in [0.5, 0.6) is 0 Å². The molecule has 1 atom stereocenters. The topological polar surface area (TPSA) is 74.0 Å². The van der Waals surface area contributed by atoms with E-state index in [4.69, 9.17) is 0 Å². The number of carbonyl (C=O) groups is 2. The van der Waals surface area contributed by atoms with Gasteiger partial charge in [-0.15, -0.1) is 11.3 Å². The minimum Gasteiger partial charge on any atom is -0.361 e. The highest BCUT2D eigenvalue weighted by atomic mass is 32.1. The molecule has 4 rings (SSSR count). The molecule has 5 nitrogen and oxygen atoms in total. The molecule has 146 valence electrons. The van der Waals surface area contributed by atoms with E-state index in [0.717, 1.165) is 22.0 Å². The van der Waals surface area contributed by atoms with Crippen molar-refractivity contribution in [3.05, 3.63) is 94.3 Å². The number of hydrogen-bond donors (Lipinski definition) is 3. The average molecular weight is 404 g/mol. The summed E-state index contributed by atoms with van der Waals surface area (Å²) >= 11 is 1.35. The van der Waals surface area contributed by atoms with Crippen LogP contribution >= 0.6 is 11.3 Å². The number of fused-ring (bicyclic) bond motifs is 1. The standard InChI is InChI=1S/C23H21N3O2S/c27-22(15-26-23(28)21-11-6-12-29-21)25-13-18(16-7-2-1-3-8-16)19-14-24-20-10-5-4-9-17(19)20/h1-12,14,18,24H,13,15H2,(H,25,27)(H,26,28). The van der Waals surface area contributed by atoms with Gasteiger partial charge in [0, 0.05) is 29.6 Å². The Labute approximate surface area is 172 Å². The van der Waals surface area contributed by atoms with Crippen LogP contribution in [0.2, 0.25) is 0 Å². The van der Waals surface area contributed by atoms with Gasteiger partial charge in [-0.05, 0) is 28.6 Å². The van der Waals surface area contributed by atoms with E-state index in [9.17, 15) is 9.59 Å². The van der Waals surface area contributed by atoms with Crippen molar-refractivity contribution >= 4 is 34.1 Å². The number of amides is 2. The molecule has 2 heterocycles. The zero-order valence-electron chi connectivity index (χ0n) is 15.7. The highest BCUT2D eigenvalue weighted by molar-refractivity contribution is 7.12. The molecule has 4 aromatic rings. The van der Waals surface area contributed by atoms with E-state index in [1.807, 2.05) is 54.0 Å². The third-order valence-electron chi connectivity index (χ3n) is 4.86. The molecule has 0 spiro atoms. The van der Waals surface area contributed by atoms with Crippen molar-refractivity contribution in [3.8, 4) is 0 Å². The second kappa shape index (κ2) is 8.75. The van der Waals surface area contributed by atoms with Gasteiger partial charge >= 0.3 is 0 Å². The van der Waals surface area contributed by atoms with E-state index in [1.54, 1.807) is 6.07 Å². The van der Waals surface area contributed by atoms with Gasteiger partial charge in [-0.1, -0.05) is 54.6 Å². The number of nitrogens with one attached hydrogen (secondary N) is 3. The molecule has 2 amide bonds.